The van der Waals surface area contributed by atoms with Crippen LogP contribution in [0.5, 0.6) is 0 Å². The number of anilines is 1. The summed E-state index contributed by atoms with van der Waals surface area (Å²) >= 11 is 4.24. The van der Waals surface area contributed by atoms with Gasteiger partial charge in [0, 0.05) is 40.8 Å². The Morgan fingerprint density at radius 3 is 2.27 bits per heavy atom. The molecule has 2 aromatic heterocycles. The van der Waals surface area contributed by atoms with Crippen molar-refractivity contribution in [3.63, 3.8) is 0 Å². The Balaban J connectivity index is 2.25. The highest BCUT2D eigenvalue weighted by Gasteiger charge is 2.34. The Morgan fingerprint density at radius 2 is 1.73 bits per heavy atom. The van der Waals surface area contributed by atoms with Gasteiger partial charge < -0.3 is 23.5 Å². The third-order valence-corrected chi connectivity index (χ3v) is 5.73. The average Bonchev–Trinajstić information content (AvgIpc) is 3.12. The van der Waals surface area contributed by atoms with E-state index in [4.69, 9.17) is 30.5 Å². The number of nitrogens with zero attached hydrogens (tertiary/aromatic N) is 5. The minimum Gasteiger partial charge on any atom is -0.593 e. The summed E-state index contributed by atoms with van der Waals surface area (Å²) < 4.78 is 39.0. The van der Waals surface area contributed by atoms with Gasteiger partial charge in [-0.3, -0.25) is 4.57 Å². The quantitative estimate of drug-likeness (QED) is 0.437. The molecule has 0 saturated heterocycles. The second-order valence-electron chi connectivity index (χ2n) is 6.33. The van der Waals surface area contributed by atoms with Crippen LogP contribution in [0.1, 0.15) is 30.7 Å². The minimum atomic E-state index is -1.61. The van der Waals surface area contributed by atoms with Gasteiger partial charge in [0.05, 0.1) is 35.6 Å². The van der Waals surface area contributed by atoms with Gasteiger partial charge in [0.2, 0.25) is 0 Å². The first-order valence-electron chi connectivity index (χ1n) is 9.04. The van der Waals surface area contributed by atoms with Crippen molar-refractivity contribution in [1.29, 1.82) is 0 Å². The fourth-order valence-corrected chi connectivity index (χ4v) is 3.92. The van der Waals surface area contributed by atoms with Crippen LogP contribution in [0.4, 0.5) is 5.95 Å². The van der Waals surface area contributed by atoms with Gasteiger partial charge >= 0.3 is 0 Å². The van der Waals surface area contributed by atoms with Crippen molar-refractivity contribution in [3.8, 4) is 0 Å². The molecule has 0 aliphatic heterocycles. The van der Waals surface area contributed by atoms with Gasteiger partial charge in [-0.15, -0.1) is 10.2 Å². The fraction of sp³-hybridized carbons (Fsp3) is 0.647. The summed E-state index contributed by atoms with van der Waals surface area (Å²) in [5.74, 6) is 1.23. The third kappa shape index (κ3) is 6.23. The lowest BCUT2D eigenvalue weighted by Crippen LogP contribution is -2.34. The van der Waals surface area contributed by atoms with E-state index in [-0.39, 0.29) is 12.6 Å². The maximum Gasteiger partial charge on any atom is 0.266 e. The van der Waals surface area contributed by atoms with Crippen LogP contribution in [-0.4, -0.2) is 76.2 Å². The number of halogens is 1. The summed E-state index contributed by atoms with van der Waals surface area (Å²) in [7, 11) is 6.24. The minimum absolute atomic E-state index is 0.222. The highest BCUT2D eigenvalue weighted by Crippen LogP contribution is 2.26. The monoisotopic (exact) mass is 462 g/mol. The number of hydrogen-bond acceptors (Lipinski definition) is 10. The van der Waals surface area contributed by atoms with E-state index >= 15 is 0 Å². The van der Waals surface area contributed by atoms with Crippen molar-refractivity contribution < 1.29 is 23.5 Å². The lowest BCUT2D eigenvalue weighted by atomic mass is 10.2. The molecule has 3 atom stereocenters. The molecule has 0 bridgehead atoms. The second-order valence-corrected chi connectivity index (χ2v) is 8.31. The number of rotatable bonds is 13. The molecular formula is C17H27ClN6O5S. The summed E-state index contributed by atoms with van der Waals surface area (Å²) in [6.07, 6.45) is 2.30. The smallest absolute Gasteiger partial charge is 0.266 e. The predicted octanol–water partition coefficient (Wildman–Crippen LogP) is 1.55. The Hall–Kier alpha value is -1.54. The molecule has 0 amide bonds. The van der Waals surface area contributed by atoms with E-state index in [0.717, 1.165) is 0 Å². The number of hydrogen-bond donors (Lipinski definition) is 1. The molecule has 0 radical (unpaired) electrons. The first-order valence-corrected chi connectivity index (χ1v) is 10.6. The molecule has 2 rings (SSSR count). The van der Waals surface area contributed by atoms with Gasteiger partial charge in [0.1, 0.15) is 6.61 Å². The van der Waals surface area contributed by atoms with Gasteiger partial charge in [-0.25, -0.2) is 9.97 Å². The molecule has 11 nitrogen and oxygen atoms in total. The van der Waals surface area contributed by atoms with E-state index in [1.165, 1.54) is 19.5 Å². The molecule has 0 aliphatic rings. The predicted molar refractivity (Wildman–Crippen MR) is 112 cm³/mol. The van der Waals surface area contributed by atoms with Crippen LogP contribution in [-0.2, 0) is 36.9 Å². The number of nitrogens with one attached hydrogen (secondary N) is 1. The van der Waals surface area contributed by atoms with Crippen molar-refractivity contribution >= 4 is 28.9 Å². The molecule has 13 heteroatoms. The van der Waals surface area contributed by atoms with Gasteiger partial charge in [-0.1, -0.05) is 11.6 Å². The summed E-state index contributed by atoms with van der Waals surface area (Å²) in [4.78, 5) is 8.34. The van der Waals surface area contributed by atoms with E-state index in [0.29, 0.717) is 35.8 Å². The summed E-state index contributed by atoms with van der Waals surface area (Å²) in [6.45, 7) is 2.67. The Bertz CT molecular complexity index is 762. The molecule has 30 heavy (non-hydrogen) atoms. The van der Waals surface area contributed by atoms with Crippen LogP contribution in [0.3, 0.4) is 0 Å². The van der Waals surface area contributed by atoms with Crippen molar-refractivity contribution in [3.05, 3.63) is 29.1 Å². The largest absolute Gasteiger partial charge is 0.593 e. The summed E-state index contributed by atoms with van der Waals surface area (Å²) in [5, 5.41) is 8.17. The highest BCUT2D eigenvalue weighted by atomic mass is 35.5. The number of methoxy groups -OCH3 is 4. The van der Waals surface area contributed by atoms with Gasteiger partial charge in [-0.2, -0.15) is 4.72 Å². The molecule has 0 aromatic carbocycles. The van der Waals surface area contributed by atoms with Gasteiger partial charge in [-0.05, 0) is 6.92 Å². The first-order chi connectivity index (χ1) is 14.5. The summed E-state index contributed by atoms with van der Waals surface area (Å²) in [5.41, 5.74) is 0. The van der Waals surface area contributed by atoms with E-state index in [9.17, 15) is 4.55 Å². The third-order valence-electron chi connectivity index (χ3n) is 4.23. The van der Waals surface area contributed by atoms with Crippen LogP contribution >= 0.6 is 11.6 Å². The van der Waals surface area contributed by atoms with Gasteiger partial charge in [0.15, 0.2) is 23.0 Å². The zero-order chi connectivity index (χ0) is 22.1. The summed E-state index contributed by atoms with van der Waals surface area (Å²) in [6, 6.07) is -0.243. The molecule has 168 valence electrons. The van der Waals surface area contributed by atoms with Crippen LogP contribution in [0, 0.1) is 0 Å². The maximum absolute atomic E-state index is 13.1. The lowest BCUT2D eigenvalue weighted by Gasteiger charge is -2.25. The molecule has 0 spiro atoms. The van der Waals surface area contributed by atoms with Gasteiger partial charge in [0.25, 0.3) is 5.95 Å². The van der Waals surface area contributed by atoms with Crippen LogP contribution < -0.4 is 4.72 Å². The Labute approximate surface area is 183 Å². The van der Waals surface area contributed by atoms with Crippen LogP contribution in [0.15, 0.2) is 12.4 Å². The average molecular weight is 463 g/mol. The molecule has 2 heterocycles. The van der Waals surface area contributed by atoms with Crippen LogP contribution in [0.25, 0.3) is 0 Å². The van der Waals surface area contributed by atoms with Crippen molar-refractivity contribution in [2.75, 3.05) is 46.4 Å². The molecule has 0 saturated carbocycles. The number of ether oxygens (including phenoxy) is 4. The normalized spacial score (nSPS) is 14.7. The Kier molecular flexibility index (Phi) is 10.2. The molecule has 3 unspecified atom stereocenters. The number of aromatic nitrogens is 5. The van der Waals surface area contributed by atoms with Crippen molar-refractivity contribution in [2.24, 2.45) is 0 Å². The van der Waals surface area contributed by atoms with Crippen molar-refractivity contribution in [2.45, 2.75) is 30.9 Å². The SMILES string of the molecule is COCc1nnc(N[S+]([O-])C(C)C(OC)c2ncc(Cl)cn2)n1C(COC)COC. The molecule has 2 aromatic rings. The topological polar surface area (TPSA) is 129 Å². The fourth-order valence-electron chi connectivity index (χ4n) is 2.86. The molecule has 0 fully saturated rings. The standard InChI is InChI=1S/C17H27ClN6O5S/c1-11(15(29-5)16-19-6-12(18)7-20-16)30(25)23-17-22-21-14(10-28-4)24(17)13(8-26-2)9-27-3/h6-7,11,13,15H,8-10H2,1-5H3,(H,22,23). The van der Waals surface area contributed by atoms with E-state index in [1.807, 2.05) is 0 Å². The second kappa shape index (κ2) is 12.3. The lowest BCUT2D eigenvalue weighted by molar-refractivity contribution is 0.0846. The zero-order valence-electron chi connectivity index (χ0n) is 17.6. The highest BCUT2D eigenvalue weighted by molar-refractivity contribution is 7.93. The van der Waals surface area contributed by atoms with Crippen molar-refractivity contribution in [1.82, 2.24) is 24.7 Å². The van der Waals surface area contributed by atoms with Crippen LogP contribution in [0.2, 0.25) is 5.02 Å². The first kappa shape index (κ1) is 24.7. The van der Waals surface area contributed by atoms with E-state index in [1.54, 1.807) is 32.8 Å². The maximum atomic E-state index is 13.1. The zero-order valence-corrected chi connectivity index (χ0v) is 19.1. The Morgan fingerprint density at radius 1 is 1.10 bits per heavy atom. The molecule has 0 aliphatic carbocycles. The van der Waals surface area contributed by atoms with E-state index in [2.05, 4.69) is 24.9 Å². The molecular weight excluding hydrogens is 436 g/mol. The molecule has 1 N–H and O–H groups in total. The van der Waals surface area contributed by atoms with E-state index < -0.39 is 22.7 Å².